The Kier molecular flexibility index (Phi) is 6.06. The van der Waals surface area contributed by atoms with Crippen LogP contribution >= 0.6 is 0 Å². The van der Waals surface area contributed by atoms with Gasteiger partial charge in [0.05, 0.1) is 6.04 Å². The van der Waals surface area contributed by atoms with Gasteiger partial charge in [0.15, 0.2) is 5.70 Å². The molecule has 0 atom stereocenters. The molecule has 4 aromatic carbocycles. The molecule has 1 aliphatic carbocycles. The third-order valence-electron chi connectivity index (χ3n) is 7.78. The molecule has 0 amide bonds. The Bertz CT molecular complexity index is 1680. The van der Waals surface area contributed by atoms with Crippen LogP contribution in [0.5, 0.6) is 0 Å². The van der Waals surface area contributed by atoms with Gasteiger partial charge in [-0.1, -0.05) is 97.1 Å². The van der Waals surface area contributed by atoms with Crippen LogP contribution in [0.15, 0.2) is 115 Å². The summed E-state index contributed by atoms with van der Waals surface area (Å²) >= 11 is 0. The second-order valence-electron chi connectivity index (χ2n) is 10.1. The Morgan fingerprint density at radius 3 is 1.50 bits per heavy atom. The summed E-state index contributed by atoms with van der Waals surface area (Å²) in [6, 6.07) is 35.6. The highest BCUT2D eigenvalue weighted by Gasteiger charge is 2.39. The first-order valence-corrected chi connectivity index (χ1v) is 13.5. The molecule has 40 heavy (non-hydrogen) atoms. The summed E-state index contributed by atoms with van der Waals surface area (Å²) in [7, 11) is 0. The Morgan fingerprint density at radius 2 is 0.975 bits per heavy atom. The summed E-state index contributed by atoms with van der Waals surface area (Å²) in [5.74, 6) is -0.401. The number of fused-ring (bicyclic) bond motifs is 2. The van der Waals surface area contributed by atoms with Crippen LogP contribution in [-0.2, 0) is 0 Å². The molecule has 2 heterocycles. The second-order valence-corrected chi connectivity index (χ2v) is 10.1. The molecular formula is C33H27N5O2. The van der Waals surface area contributed by atoms with Crippen molar-refractivity contribution in [3.8, 4) is 0 Å². The van der Waals surface area contributed by atoms with Crippen molar-refractivity contribution in [3.05, 3.63) is 137 Å². The SMILES string of the molecule is O=C1C(N2CCN(C(c3ccccc3)c3ccccc3)CC2)=C(n2nc3ccccc3n2)C(=O)c2ccccc21. The van der Waals surface area contributed by atoms with Crippen LogP contribution in [0.1, 0.15) is 37.9 Å². The summed E-state index contributed by atoms with van der Waals surface area (Å²) < 4.78 is 0. The number of allylic oxidation sites excluding steroid dienone is 2. The molecule has 0 unspecified atom stereocenters. The number of aromatic nitrogens is 3. The molecule has 1 aromatic heterocycles. The van der Waals surface area contributed by atoms with E-state index in [1.165, 1.54) is 15.9 Å². The van der Waals surface area contributed by atoms with E-state index in [1.807, 2.05) is 41.3 Å². The van der Waals surface area contributed by atoms with Gasteiger partial charge in [-0.25, -0.2) is 0 Å². The molecule has 196 valence electrons. The minimum absolute atomic E-state index is 0.0977. The normalized spacial score (nSPS) is 16.2. The van der Waals surface area contributed by atoms with Gasteiger partial charge in [0, 0.05) is 37.3 Å². The highest BCUT2D eigenvalue weighted by molar-refractivity contribution is 6.37. The standard InChI is InChI=1S/C33H27N5O2/c39-32-25-15-7-8-16-26(25)33(40)31(38-34-27-17-9-10-18-28(27)35-38)30(32)37-21-19-36(20-22-37)29(23-11-3-1-4-12-23)24-13-5-2-6-14-24/h1-18,29H,19-22H2. The maximum absolute atomic E-state index is 14.0. The van der Waals surface area contributed by atoms with E-state index in [4.69, 9.17) is 0 Å². The number of rotatable bonds is 5. The van der Waals surface area contributed by atoms with Gasteiger partial charge in [-0.3, -0.25) is 14.5 Å². The Balaban J connectivity index is 1.27. The van der Waals surface area contributed by atoms with Crippen molar-refractivity contribution in [2.75, 3.05) is 26.2 Å². The quantitative estimate of drug-likeness (QED) is 0.319. The molecule has 0 spiro atoms. The van der Waals surface area contributed by atoms with E-state index in [0.717, 1.165) is 13.1 Å². The summed E-state index contributed by atoms with van der Waals surface area (Å²) in [6.07, 6.45) is 0. The van der Waals surface area contributed by atoms with Crippen molar-refractivity contribution in [1.82, 2.24) is 24.8 Å². The smallest absolute Gasteiger partial charge is 0.216 e. The third-order valence-corrected chi connectivity index (χ3v) is 7.78. The Hall–Kier alpha value is -4.88. The van der Waals surface area contributed by atoms with Crippen molar-refractivity contribution in [1.29, 1.82) is 0 Å². The lowest BCUT2D eigenvalue weighted by molar-refractivity contribution is 0.0894. The van der Waals surface area contributed by atoms with E-state index >= 15 is 0 Å². The predicted molar refractivity (Wildman–Crippen MR) is 154 cm³/mol. The average Bonchev–Trinajstić information content (AvgIpc) is 3.44. The number of hydrogen-bond donors (Lipinski definition) is 0. The largest absolute Gasteiger partial charge is 0.364 e. The van der Waals surface area contributed by atoms with Crippen LogP contribution in [-0.4, -0.2) is 62.5 Å². The van der Waals surface area contributed by atoms with Crippen molar-refractivity contribution < 1.29 is 9.59 Å². The Labute approximate surface area is 232 Å². The summed E-state index contributed by atoms with van der Waals surface area (Å²) in [4.78, 5) is 33.7. The molecular weight excluding hydrogens is 498 g/mol. The van der Waals surface area contributed by atoms with Gasteiger partial charge in [0.25, 0.3) is 0 Å². The summed E-state index contributed by atoms with van der Waals surface area (Å²) in [5, 5.41) is 9.20. The van der Waals surface area contributed by atoms with Crippen LogP contribution < -0.4 is 0 Å². The topological polar surface area (TPSA) is 71.3 Å². The van der Waals surface area contributed by atoms with Crippen molar-refractivity contribution >= 4 is 28.3 Å². The second kappa shape index (κ2) is 10.0. The van der Waals surface area contributed by atoms with Crippen LogP contribution in [0.25, 0.3) is 16.7 Å². The van der Waals surface area contributed by atoms with E-state index in [2.05, 4.69) is 63.6 Å². The fourth-order valence-electron chi connectivity index (χ4n) is 5.88. The zero-order chi connectivity index (χ0) is 27.1. The lowest BCUT2D eigenvalue weighted by Gasteiger charge is -2.42. The highest BCUT2D eigenvalue weighted by Crippen LogP contribution is 2.34. The predicted octanol–water partition coefficient (Wildman–Crippen LogP) is 5.09. The van der Waals surface area contributed by atoms with Gasteiger partial charge in [0.2, 0.25) is 11.6 Å². The van der Waals surface area contributed by atoms with Crippen molar-refractivity contribution in [3.63, 3.8) is 0 Å². The van der Waals surface area contributed by atoms with E-state index < -0.39 is 0 Å². The molecule has 0 N–H and O–H groups in total. The fourth-order valence-corrected chi connectivity index (χ4v) is 5.88. The zero-order valence-corrected chi connectivity index (χ0v) is 21.9. The number of Topliss-reactive ketones (excluding diaryl/α,β-unsaturated/α-hetero) is 2. The van der Waals surface area contributed by atoms with E-state index in [1.54, 1.807) is 24.3 Å². The van der Waals surface area contributed by atoms with E-state index in [9.17, 15) is 9.59 Å². The molecule has 1 saturated heterocycles. The van der Waals surface area contributed by atoms with Gasteiger partial charge < -0.3 is 4.90 Å². The number of benzene rings is 4. The number of piperazine rings is 1. The molecule has 7 heteroatoms. The van der Waals surface area contributed by atoms with Crippen LogP contribution in [0.3, 0.4) is 0 Å². The molecule has 5 aromatic rings. The summed E-state index contributed by atoms with van der Waals surface area (Å²) in [5.41, 5.74) is 5.21. The summed E-state index contributed by atoms with van der Waals surface area (Å²) in [6.45, 7) is 2.64. The van der Waals surface area contributed by atoms with Gasteiger partial charge in [-0.15, -0.1) is 15.0 Å². The molecule has 7 rings (SSSR count). The average molecular weight is 526 g/mol. The van der Waals surface area contributed by atoms with E-state index in [0.29, 0.717) is 40.9 Å². The lowest BCUT2D eigenvalue weighted by atomic mass is 9.89. The first kappa shape index (κ1) is 24.2. The lowest BCUT2D eigenvalue weighted by Crippen LogP contribution is -2.49. The van der Waals surface area contributed by atoms with Crippen LogP contribution in [0.4, 0.5) is 0 Å². The molecule has 1 fully saturated rings. The van der Waals surface area contributed by atoms with E-state index in [-0.39, 0.29) is 23.3 Å². The van der Waals surface area contributed by atoms with Crippen molar-refractivity contribution in [2.45, 2.75) is 6.04 Å². The molecule has 0 radical (unpaired) electrons. The first-order valence-electron chi connectivity index (χ1n) is 13.5. The Morgan fingerprint density at radius 1 is 0.525 bits per heavy atom. The van der Waals surface area contributed by atoms with Gasteiger partial charge >= 0.3 is 0 Å². The van der Waals surface area contributed by atoms with Crippen LogP contribution in [0.2, 0.25) is 0 Å². The number of nitrogens with zero attached hydrogens (tertiary/aromatic N) is 5. The zero-order valence-electron chi connectivity index (χ0n) is 21.9. The number of hydrogen-bond acceptors (Lipinski definition) is 6. The molecule has 0 saturated carbocycles. The fraction of sp³-hybridized carbons (Fsp3) is 0.152. The third kappa shape index (κ3) is 4.12. The molecule has 0 bridgehead atoms. The molecule has 7 nitrogen and oxygen atoms in total. The number of carbonyl (C=O) groups excluding carboxylic acids is 2. The maximum Gasteiger partial charge on any atom is 0.216 e. The van der Waals surface area contributed by atoms with Gasteiger partial charge in [-0.2, -0.15) is 0 Å². The molecule has 1 aliphatic heterocycles. The monoisotopic (exact) mass is 525 g/mol. The van der Waals surface area contributed by atoms with Crippen molar-refractivity contribution in [2.24, 2.45) is 0 Å². The maximum atomic E-state index is 14.0. The molecule has 2 aliphatic rings. The van der Waals surface area contributed by atoms with Gasteiger partial charge in [-0.05, 0) is 23.3 Å². The minimum Gasteiger partial charge on any atom is -0.364 e. The minimum atomic E-state index is -0.237. The first-order chi connectivity index (χ1) is 19.7. The number of carbonyl (C=O) groups is 2. The van der Waals surface area contributed by atoms with Crippen LogP contribution in [0, 0.1) is 0 Å². The highest BCUT2D eigenvalue weighted by atomic mass is 16.1. The van der Waals surface area contributed by atoms with Gasteiger partial charge in [0.1, 0.15) is 16.7 Å². The number of ketones is 2.